The third-order valence-corrected chi connectivity index (χ3v) is 5.22. The van der Waals surface area contributed by atoms with Crippen LogP contribution in [-0.2, 0) is 7.05 Å². The van der Waals surface area contributed by atoms with Gasteiger partial charge in [-0.3, -0.25) is 4.68 Å². The predicted octanol–water partition coefficient (Wildman–Crippen LogP) is 4.49. The summed E-state index contributed by atoms with van der Waals surface area (Å²) < 4.78 is 4.33. The van der Waals surface area contributed by atoms with Gasteiger partial charge in [0.2, 0.25) is 0 Å². The quantitative estimate of drug-likeness (QED) is 0.723. The number of fused-ring (bicyclic) bond motifs is 1. The number of nitrogens with one attached hydrogen (secondary N) is 1. The molecule has 21 heavy (non-hydrogen) atoms. The summed E-state index contributed by atoms with van der Waals surface area (Å²) in [4.78, 5) is 0. The van der Waals surface area contributed by atoms with Gasteiger partial charge in [0, 0.05) is 11.7 Å². The molecule has 0 aliphatic rings. The average molecular weight is 364 g/mol. The summed E-state index contributed by atoms with van der Waals surface area (Å²) in [5.41, 5.74) is 2.50. The fourth-order valence-electron chi connectivity index (χ4n) is 2.61. The number of thiophene rings is 1. The molecule has 3 rings (SSSR count). The van der Waals surface area contributed by atoms with E-state index < -0.39 is 0 Å². The molecule has 1 atom stereocenters. The maximum Gasteiger partial charge on any atom is 0.0773 e. The van der Waals surface area contributed by atoms with Crippen LogP contribution in [-0.4, -0.2) is 16.3 Å². The number of rotatable bonds is 5. The van der Waals surface area contributed by atoms with E-state index in [0.29, 0.717) is 0 Å². The molecule has 1 aromatic carbocycles. The number of aromatic nitrogens is 2. The molecule has 0 aliphatic carbocycles. The van der Waals surface area contributed by atoms with Crippen molar-refractivity contribution in [3.8, 4) is 0 Å². The number of nitrogens with zero attached hydrogens (tertiary/aromatic N) is 2. The molecule has 110 valence electrons. The highest BCUT2D eigenvalue weighted by Crippen LogP contribution is 2.35. The lowest BCUT2D eigenvalue weighted by Crippen LogP contribution is -2.25. The molecule has 0 fully saturated rings. The Morgan fingerprint density at radius 1 is 1.38 bits per heavy atom. The van der Waals surface area contributed by atoms with Gasteiger partial charge in [-0.15, -0.1) is 11.3 Å². The smallest absolute Gasteiger partial charge is 0.0773 e. The van der Waals surface area contributed by atoms with Gasteiger partial charge in [0.05, 0.1) is 22.4 Å². The first-order valence-electron chi connectivity index (χ1n) is 7.09. The molecular weight excluding hydrogens is 346 g/mol. The van der Waals surface area contributed by atoms with Crippen LogP contribution in [0.5, 0.6) is 0 Å². The Morgan fingerprint density at radius 3 is 2.90 bits per heavy atom. The molecule has 3 aromatic rings. The zero-order valence-electron chi connectivity index (χ0n) is 12.1. The van der Waals surface area contributed by atoms with Gasteiger partial charge in [-0.2, -0.15) is 5.10 Å². The van der Waals surface area contributed by atoms with Crippen LogP contribution in [0.15, 0.2) is 40.3 Å². The summed E-state index contributed by atoms with van der Waals surface area (Å²) in [6.45, 7) is 3.17. The van der Waals surface area contributed by atoms with Crippen molar-refractivity contribution in [2.75, 3.05) is 6.54 Å². The Kier molecular flexibility index (Phi) is 4.42. The lowest BCUT2D eigenvalue weighted by Gasteiger charge is -2.19. The van der Waals surface area contributed by atoms with Gasteiger partial charge in [0.15, 0.2) is 0 Å². The van der Waals surface area contributed by atoms with Crippen molar-refractivity contribution in [3.63, 3.8) is 0 Å². The number of aryl methyl sites for hydroxylation is 1. The maximum atomic E-state index is 4.37. The number of benzene rings is 1. The Labute approximate surface area is 137 Å². The van der Waals surface area contributed by atoms with Crippen LogP contribution < -0.4 is 5.32 Å². The summed E-state index contributed by atoms with van der Waals surface area (Å²) in [6.07, 6.45) is 2.97. The van der Waals surface area contributed by atoms with E-state index in [0.717, 1.165) is 17.4 Å². The number of hydrogen-bond donors (Lipinski definition) is 1. The molecule has 0 spiro atoms. The Morgan fingerprint density at radius 2 is 2.19 bits per heavy atom. The Bertz CT molecular complexity index is 727. The largest absolute Gasteiger partial charge is 0.305 e. The van der Waals surface area contributed by atoms with Gasteiger partial charge < -0.3 is 5.32 Å². The van der Waals surface area contributed by atoms with Gasteiger partial charge in [-0.05, 0) is 51.3 Å². The van der Waals surface area contributed by atoms with E-state index in [1.807, 2.05) is 17.9 Å². The molecule has 3 nitrogen and oxygen atoms in total. The summed E-state index contributed by atoms with van der Waals surface area (Å²) in [5.74, 6) is 0. The second-order valence-corrected chi connectivity index (χ2v) is 6.84. The lowest BCUT2D eigenvalue weighted by molar-refractivity contribution is 0.555. The van der Waals surface area contributed by atoms with Gasteiger partial charge in [0.1, 0.15) is 0 Å². The Balaban J connectivity index is 2.11. The van der Waals surface area contributed by atoms with Crippen molar-refractivity contribution < 1.29 is 0 Å². The van der Waals surface area contributed by atoms with Gasteiger partial charge in [-0.25, -0.2) is 0 Å². The fraction of sp³-hybridized carbons (Fsp3) is 0.312. The number of halogens is 1. The van der Waals surface area contributed by atoms with Gasteiger partial charge in [0.25, 0.3) is 0 Å². The van der Waals surface area contributed by atoms with E-state index in [9.17, 15) is 0 Å². The van der Waals surface area contributed by atoms with Crippen LogP contribution in [0.2, 0.25) is 0 Å². The predicted molar refractivity (Wildman–Crippen MR) is 92.9 cm³/mol. The van der Waals surface area contributed by atoms with Crippen molar-refractivity contribution in [3.05, 3.63) is 51.6 Å². The second-order valence-electron chi connectivity index (χ2n) is 5.08. The van der Waals surface area contributed by atoms with Gasteiger partial charge >= 0.3 is 0 Å². The van der Waals surface area contributed by atoms with Crippen molar-refractivity contribution in [2.24, 2.45) is 7.05 Å². The summed E-state index contributed by atoms with van der Waals surface area (Å²) in [6, 6.07) is 8.73. The first-order chi connectivity index (χ1) is 10.2. The maximum absolute atomic E-state index is 4.37. The van der Waals surface area contributed by atoms with Crippen LogP contribution in [0, 0.1) is 0 Å². The minimum atomic E-state index is 0.156. The van der Waals surface area contributed by atoms with Crippen molar-refractivity contribution in [1.82, 2.24) is 15.1 Å². The molecule has 5 heteroatoms. The highest BCUT2D eigenvalue weighted by Gasteiger charge is 2.22. The average Bonchev–Trinajstić information content (AvgIpc) is 3.06. The molecule has 2 aromatic heterocycles. The minimum absolute atomic E-state index is 0.156. The first-order valence-corrected chi connectivity index (χ1v) is 8.76. The highest BCUT2D eigenvalue weighted by atomic mass is 79.9. The van der Waals surface area contributed by atoms with E-state index in [-0.39, 0.29) is 6.04 Å². The molecule has 1 N–H and O–H groups in total. The van der Waals surface area contributed by atoms with E-state index in [2.05, 4.69) is 62.9 Å². The third-order valence-electron chi connectivity index (χ3n) is 3.63. The van der Waals surface area contributed by atoms with E-state index >= 15 is 0 Å². The molecule has 0 aliphatic heterocycles. The second kappa shape index (κ2) is 6.30. The van der Waals surface area contributed by atoms with E-state index in [4.69, 9.17) is 0 Å². The fourth-order valence-corrected chi connectivity index (χ4v) is 4.17. The van der Waals surface area contributed by atoms with Crippen molar-refractivity contribution in [2.45, 2.75) is 19.4 Å². The zero-order chi connectivity index (χ0) is 14.8. The summed E-state index contributed by atoms with van der Waals surface area (Å²) in [7, 11) is 2.00. The highest BCUT2D eigenvalue weighted by molar-refractivity contribution is 9.10. The van der Waals surface area contributed by atoms with Crippen molar-refractivity contribution >= 4 is 37.4 Å². The SMILES string of the molecule is CCCNC(c1csc2ccccc12)c1c(Br)cnn1C. The monoisotopic (exact) mass is 363 g/mol. The summed E-state index contributed by atoms with van der Waals surface area (Å²) in [5, 5.41) is 11.6. The third kappa shape index (κ3) is 2.78. The Hall–Kier alpha value is -1.17. The lowest BCUT2D eigenvalue weighted by atomic mass is 10.0. The summed E-state index contributed by atoms with van der Waals surface area (Å²) >= 11 is 5.44. The number of hydrogen-bond acceptors (Lipinski definition) is 3. The van der Waals surface area contributed by atoms with Crippen molar-refractivity contribution in [1.29, 1.82) is 0 Å². The van der Waals surface area contributed by atoms with E-state index in [1.165, 1.54) is 21.3 Å². The molecule has 2 heterocycles. The zero-order valence-corrected chi connectivity index (χ0v) is 14.5. The van der Waals surface area contributed by atoms with Crippen LogP contribution in [0.1, 0.15) is 30.6 Å². The normalized spacial score (nSPS) is 12.9. The molecule has 1 unspecified atom stereocenters. The molecule has 0 saturated carbocycles. The topological polar surface area (TPSA) is 29.9 Å². The molecule has 0 radical (unpaired) electrons. The molecular formula is C16H18BrN3S. The van der Waals surface area contributed by atoms with Crippen LogP contribution in [0.3, 0.4) is 0 Å². The first kappa shape index (κ1) is 14.8. The standard InChI is InChI=1S/C16H18BrN3S/c1-3-8-18-15(16-13(17)9-19-20(16)2)12-10-21-14-7-5-4-6-11(12)14/h4-7,9-10,15,18H,3,8H2,1-2H3. The van der Waals surface area contributed by atoms with Gasteiger partial charge in [-0.1, -0.05) is 25.1 Å². The van der Waals surface area contributed by atoms with Crippen LogP contribution in [0.4, 0.5) is 0 Å². The molecule has 0 bridgehead atoms. The van der Waals surface area contributed by atoms with Crippen LogP contribution in [0.25, 0.3) is 10.1 Å². The minimum Gasteiger partial charge on any atom is -0.305 e. The van der Waals surface area contributed by atoms with E-state index in [1.54, 1.807) is 11.3 Å². The van der Waals surface area contributed by atoms with Crippen LogP contribution >= 0.6 is 27.3 Å². The molecule has 0 saturated heterocycles. The molecule has 0 amide bonds.